The highest BCUT2D eigenvalue weighted by atomic mass is 15.1. The molecule has 0 fully saturated rings. The zero-order chi connectivity index (χ0) is 33.7. The zero-order valence-corrected chi connectivity index (χ0v) is 27.9. The van der Waals surface area contributed by atoms with Gasteiger partial charge in [0.25, 0.3) is 0 Å². The number of rotatable bonds is 6. The first-order chi connectivity index (χ1) is 25.3. The average Bonchev–Trinajstić information content (AvgIpc) is 3.72. The van der Waals surface area contributed by atoms with Crippen molar-refractivity contribution < 1.29 is 0 Å². The van der Waals surface area contributed by atoms with Crippen molar-refractivity contribution in [3.8, 4) is 22.5 Å². The molecule has 0 spiro atoms. The van der Waals surface area contributed by atoms with Crippen LogP contribution in [0.1, 0.15) is 0 Å². The molecule has 10 rings (SSSR count). The Morgan fingerprint density at radius 1 is 0.314 bits per heavy atom. The molecule has 0 unspecified atom stereocenters. The Kier molecular flexibility index (Phi) is 6.81. The fourth-order valence-electron chi connectivity index (χ4n) is 7.87. The minimum Gasteiger partial charge on any atom is -0.311 e. The standard InChI is InChI=1S/C48H33N3/c1-4-15-35(16-5-1)49(36-17-6-2-7-18-36)38-28-30-39(31-29-38)50-45-25-12-11-22-42(45)44-33-34(27-32-47(44)50)40-23-14-24-43-41-21-10-13-26-46(41)51(48(40)43)37-19-8-3-9-20-37/h1-33H. The second kappa shape index (κ2) is 11.9. The molecular formula is C48H33N3. The van der Waals surface area contributed by atoms with Crippen LogP contribution in [0.3, 0.4) is 0 Å². The van der Waals surface area contributed by atoms with Crippen LogP contribution < -0.4 is 4.90 Å². The summed E-state index contributed by atoms with van der Waals surface area (Å²) >= 11 is 0. The van der Waals surface area contributed by atoms with Crippen molar-refractivity contribution in [3.63, 3.8) is 0 Å². The number of benzene rings is 8. The summed E-state index contributed by atoms with van der Waals surface area (Å²) < 4.78 is 4.82. The summed E-state index contributed by atoms with van der Waals surface area (Å²) in [7, 11) is 0. The van der Waals surface area contributed by atoms with Gasteiger partial charge in [-0.15, -0.1) is 0 Å². The summed E-state index contributed by atoms with van der Waals surface area (Å²) in [6.07, 6.45) is 0. The van der Waals surface area contributed by atoms with E-state index in [1.165, 1.54) is 54.7 Å². The Morgan fingerprint density at radius 2 is 0.804 bits per heavy atom. The van der Waals surface area contributed by atoms with Crippen molar-refractivity contribution in [2.75, 3.05) is 4.90 Å². The van der Waals surface area contributed by atoms with Gasteiger partial charge in [0.15, 0.2) is 0 Å². The van der Waals surface area contributed by atoms with Crippen molar-refractivity contribution in [1.82, 2.24) is 9.13 Å². The molecular weight excluding hydrogens is 619 g/mol. The molecule has 3 nitrogen and oxygen atoms in total. The molecule has 8 aromatic carbocycles. The Balaban J connectivity index is 1.14. The van der Waals surface area contributed by atoms with E-state index in [0.717, 1.165) is 28.4 Å². The van der Waals surface area contributed by atoms with E-state index >= 15 is 0 Å². The quantitative estimate of drug-likeness (QED) is 0.174. The summed E-state index contributed by atoms with van der Waals surface area (Å²) in [6.45, 7) is 0. The van der Waals surface area contributed by atoms with Crippen molar-refractivity contribution in [2.45, 2.75) is 0 Å². The lowest BCUT2D eigenvalue weighted by Crippen LogP contribution is -2.09. The topological polar surface area (TPSA) is 13.1 Å². The lowest BCUT2D eigenvalue weighted by atomic mass is 10.00. The van der Waals surface area contributed by atoms with Gasteiger partial charge >= 0.3 is 0 Å². The molecule has 240 valence electrons. The fraction of sp³-hybridized carbons (Fsp3) is 0. The summed E-state index contributed by atoms with van der Waals surface area (Å²) in [5, 5.41) is 5.00. The van der Waals surface area contributed by atoms with E-state index in [1.54, 1.807) is 0 Å². The van der Waals surface area contributed by atoms with Crippen molar-refractivity contribution in [2.24, 2.45) is 0 Å². The molecule has 10 aromatic rings. The molecule has 0 amide bonds. The third kappa shape index (κ3) is 4.74. The van der Waals surface area contributed by atoms with E-state index in [-0.39, 0.29) is 0 Å². The van der Waals surface area contributed by atoms with Crippen LogP contribution >= 0.6 is 0 Å². The minimum absolute atomic E-state index is 1.11. The van der Waals surface area contributed by atoms with Gasteiger partial charge in [-0.1, -0.05) is 115 Å². The molecule has 0 atom stereocenters. The van der Waals surface area contributed by atoms with Crippen LogP contribution in [0.2, 0.25) is 0 Å². The van der Waals surface area contributed by atoms with Gasteiger partial charge < -0.3 is 14.0 Å². The third-order valence-corrected chi connectivity index (χ3v) is 10.1. The predicted octanol–water partition coefficient (Wildman–Crippen LogP) is 13.0. The largest absolute Gasteiger partial charge is 0.311 e. The van der Waals surface area contributed by atoms with Gasteiger partial charge in [0, 0.05) is 55.5 Å². The Morgan fingerprint density at radius 3 is 1.47 bits per heavy atom. The molecule has 3 heteroatoms. The molecule has 0 aliphatic heterocycles. The molecule has 0 aliphatic carbocycles. The second-order valence-electron chi connectivity index (χ2n) is 13.0. The van der Waals surface area contributed by atoms with Gasteiger partial charge in [0.05, 0.1) is 22.1 Å². The SMILES string of the molecule is c1ccc(N(c2ccccc2)c2ccc(-n3c4ccccc4c4cc(-c5cccc6c7ccccc7n(-c7ccccc7)c56)ccc43)cc2)cc1. The number of aromatic nitrogens is 2. The van der Waals surface area contributed by atoms with Crippen LogP contribution in [0.15, 0.2) is 200 Å². The minimum atomic E-state index is 1.11. The molecule has 0 N–H and O–H groups in total. The maximum absolute atomic E-state index is 2.42. The number of hydrogen-bond acceptors (Lipinski definition) is 1. The fourth-order valence-corrected chi connectivity index (χ4v) is 7.87. The first-order valence-electron chi connectivity index (χ1n) is 17.5. The number of nitrogens with zero attached hydrogens (tertiary/aromatic N) is 3. The lowest BCUT2D eigenvalue weighted by molar-refractivity contribution is 1.17. The number of hydrogen-bond donors (Lipinski definition) is 0. The van der Waals surface area contributed by atoms with E-state index in [1.807, 2.05) is 0 Å². The van der Waals surface area contributed by atoms with Gasteiger partial charge in [0.1, 0.15) is 0 Å². The Bertz CT molecular complexity index is 2790. The molecule has 0 bridgehead atoms. The van der Waals surface area contributed by atoms with Gasteiger partial charge in [-0.25, -0.2) is 0 Å². The summed E-state index contributed by atoms with van der Waals surface area (Å²) in [4.78, 5) is 2.30. The van der Waals surface area contributed by atoms with Crippen LogP contribution in [0.25, 0.3) is 66.1 Å². The Labute approximate surface area is 296 Å². The molecule has 0 saturated heterocycles. The van der Waals surface area contributed by atoms with Crippen LogP contribution in [0.4, 0.5) is 17.1 Å². The van der Waals surface area contributed by atoms with Gasteiger partial charge in [-0.05, 0) is 90.5 Å². The maximum atomic E-state index is 2.42. The predicted molar refractivity (Wildman–Crippen MR) is 215 cm³/mol. The lowest BCUT2D eigenvalue weighted by Gasteiger charge is -2.25. The molecule has 0 saturated carbocycles. The summed E-state index contributed by atoms with van der Waals surface area (Å²) in [5.74, 6) is 0. The monoisotopic (exact) mass is 651 g/mol. The number of anilines is 3. The highest BCUT2D eigenvalue weighted by molar-refractivity contribution is 6.15. The van der Waals surface area contributed by atoms with Crippen LogP contribution in [0, 0.1) is 0 Å². The zero-order valence-electron chi connectivity index (χ0n) is 27.9. The van der Waals surface area contributed by atoms with Gasteiger partial charge in [0.2, 0.25) is 0 Å². The number of fused-ring (bicyclic) bond motifs is 6. The smallest absolute Gasteiger partial charge is 0.0619 e. The van der Waals surface area contributed by atoms with E-state index in [2.05, 4.69) is 214 Å². The highest BCUT2D eigenvalue weighted by Crippen LogP contribution is 2.41. The first-order valence-corrected chi connectivity index (χ1v) is 17.5. The molecule has 2 aromatic heterocycles. The first kappa shape index (κ1) is 29.1. The molecule has 0 radical (unpaired) electrons. The van der Waals surface area contributed by atoms with Crippen LogP contribution in [-0.4, -0.2) is 9.13 Å². The normalized spacial score (nSPS) is 11.5. The van der Waals surface area contributed by atoms with E-state index in [4.69, 9.17) is 0 Å². The highest BCUT2D eigenvalue weighted by Gasteiger charge is 2.19. The second-order valence-corrected chi connectivity index (χ2v) is 13.0. The van der Waals surface area contributed by atoms with Gasteiger partial charge in [-0.3, -0.25) is 0 Å². The molecule has 2 heterocycles. The average molecular weight is 652 g/mol. The van der Waals surface area contributed by atoms with E-state index < -0.39 is 0 Å². The summed E-state index contributed by atoms with van der Waals surface area (Å²) in [5.41, 5.74) is 12.9. The van der Waals surface area contributed by atoms with Crippen molar-refractivity contribution in [3.05, 3.63) is 200 Å². The number of para-hydroxylation sites is 6. The molecule has 0 aliphatic rings. The van der Waals surface area contributed by atoms with E-state index in [9.17, 15) is 0 Å². The van der Waals surface area contributed by atoms with Crippen LogP contribution in [-0.2, 0) is 0 Å². The summed E-state index contributed by atoms with van der Waals surface area (Å²) in [6, 6.07) is 72.0. The van der Waals surface area contributed by atoms with Gasteiger partial charge in [-0.2, -0.15) is 0 Å². The van der Waals surface area contributed by atoms with Crippen LogP contribution in [0.5, 0.6) is 0 Å². The third-order valence-electron chi connectivity index (χ3n) is 10.1. The Hall–Kier alpha value is -6.84. The van der Waals surface area contributed by atoms with Crippen molar-refractivity contribution in [1.29, 1.82) is 0 Å². The molecule has 51 heavy (non-hydrogen) atoms. The van der Waals surface area contributed by atoms with E-state index in [0.29, 0.717) is 0 Å². The van der Waals surface area contributed by atoms with Crippen molar-refractivity contribution >= 4 is 60.7 Å². The maximum Gasteiger partial charge on any atom is 0.0619 e.